The number of rotatable bonds is 5. The van der Waals surface area contributed by atoms with Crippen molar-refractivity contribution in [1.82, 2.24) is 15.1 Å². The van der Waals surface area contributed by atoms with Crippen LogP contribution in [0.2, 0.25) is 0 Å². The summed E-state index contributed by atoms with van der Waals surface area (Å²) in [5.41, 5.74) is 1.18. The van der Waals surface area contributed by atoms with Crippen LogP contribution in [0.4, 0.5) is 4.39 Å². The second-order valence-corrected chi connectivity index (χ2v) is 6.54. The Morgan fingerprint density at radius 3 is 2.58 bits per heavy atom. The smallest absolute Gasteiger partial charge is 0.223 e. The van der Waals surface area contributed by atoms with Crippen molar-refractivity contribution < 1.29 is 9.18 Å². The zero-order chi connectivity index (χ0) is 16.1. The van der Waals surface area contributed by atoms with Crippen LogP contribution in [0.5, 0.6) is 0 Å². The van der Waals surface area contributed by atoms with E-state index in [1.165, 1.54) is 30.5 Å². The van der Waals surface area contributed by atoms with Gasteiger partial charge < -0.3 is 10.2 Å². The van der Waals surface area contributed by atoms with Gasteiger partial charge in [-0.1, -0.05) is 12.1 Å². The fourth-order valence-corrected chi connectivity index (χ4v) is 3.62. The average molecular weight is 356 g/mol. The van der Waals surface area contributed by atoms with Gasteiger partial charge in [0.1, 0.15) is 5.82 Å². The van der Waals surface area contributed by atoms with Crippen LogP contribution >= 0.6 is 12.4 Å². The summed E-state index contributed by atoms with van der Waals surface area (Å²) in [6.45, 7) is 5.39. The molecule has 3 rings (SSSR count). The van der Waals surface area contributed by atoms with E-state index in [2.05, 4.69) is 10.2 Å². The van der Waals surface area contributed by atoms with Crippen molar-refractivity contribution >= 4 is 18.3 Å². The van der Waals surface area contributed by atoms with Gasteiger partial charge in [-0.3, -0.25) is 9.69 Å². The molecule has 1 amide bonds. The van der Waals surface area contributed by atoms with Gasteiger partial charge in [0.2, 0.25) is 5.91 Å². The first-order valence-corrected chi connectivity index (χ1v) is 8.69. The molecule has 1 atom stereocenters. The van der Waals surface area contributed by atoms with Crippen molar-refractivity contribution in [2.24, 2.45) is 0 Å². The summed E-state index contributed by atoms with van der Waals surface area (Å²) in [6.07, 6.45) is 3.91. The van der Waals surface area contributed by atoms with Crippen LogP contribution in [0.25, 0.3) is 0 Å². The van der Waals surface area contributed by atoms with Crippen molar-refractivity contribution in [2.75, 3.05) is 39.3 Å². The van der Waals surface area contributed by atoms with Gasteiger partial charge in [-0.25, -0.2) is 4.39 Å². The molecule has 0 radical (unpaired) electrons. The van der Waals surface area contributed by atoms with Crippen LogP contribution in [0, 0.1) is 5.82 Å². The van der Waals surface area contributed by atoms with E-state index in [0.29, 0.717) is 12.5 Å². The molecule has 2 aliphatic heterocycles. The van der Waals surface area contributed by atoms with Gasteiger partial charge in [-0.15, -0.1) is 12.4 Å². The Labute approximate surface area is 149 Å². The molecule has 0 bridgehead atoms. The largest absolute Gasteiger partial charge is 0.340 e. The van der Waals surface area contributed by atoms with Crippen LogP contribution in [-0.4, -0.2) is 61.0 Å². The van der Waals surface area contributed by atoms with Crippen LogP contribution in [0.15, 0.2) is 24.3 Å². The van der Waals surface area contributed by atoms with Gasteiger partial charge >= 0.3 is 0 Å². The Hall–Kier alpha value is -1.17. The van der Waals surface area contributed by atoms with Crippen molar-refractivity contribution in [2.45, 2.75) is 31.7 Å². The van der Waals surface area contributed by atoms with Gasteiger partial charge in [0.15, 0.2) is 0 Å². The van der Waals surface area contributed by atoms with E-state index in [9.17, 15) is 9.18 Å². The summed E-state index contributed by atoms with van der Waals surface area (Å²) in [5.74, 6) is 0.0950. The third kappa shape index (κ3) is 5.16. The average Bonchev–Trinajstić information content (AvgIpc) is 3.02. The molecular weight excluding hydrogens is 329 g/mol. The topological polar surface area (TPSA) is 35.6 Å². The second kappa shape index (κ2) is 9.35. The standard InChI is InChI=1S/C18H26FN3O.ClH/c19-16-5-3-15(4-6-16)14-17-2-1-10-21(17)11-7-18(23)22-12-8-20-9-13-22;/h3-6,17,20H,1-2,7-14H2;1H. The highest BCUT2D eigenvalue weighted by Gasteiger charge is 2.26. The number of nitrogens with one attached hydrogen (secondary N) is 1. The molecule has 2 saturated heterocycles. The number of amides is 1. The molecule has 2 fully saturated rings. The maximum Gasteiger partial charge on any atom is 0.223 e. The Kier molecular flexibility index (Phi) is 7.46. The fraction of sp³-hybridized carbons (Fsp3) is 0.611. The second-order valence-electron chi connectivity index (χ2n) is 6.54. The lowest BCUT2D eigenvalue weighted by Crippen LogP contribution is -2.47. The number of nitrogens with zero attached hydrogens (tertiary/aromatic N) is 2. The number of hydrogen-bond acceptors (Lipinski definition) is 3. The van der Waals surface area contributed by atoms with E-state index in [-0.39, 0.29) is 24.1 Å². The molecule has 0 saturated carbocycles. The van der Waals surface area contributed by atoms with Gasteiger partial charge in [0.05, 0.1) is 0 Å². The van der Waals surface area contributed by atoms with Crippen LogP contribution in [-0.2, 0) is 11.2 Å². The SMILES string of the molecule is Cl.O=C(CCN1CCCC1Cc1ccc(F)cc1)N1CCNCC1. The predicted octanol–water partition coefficient (Wildman–Crippen LogP) is 2.08. The zero-order valence-electron chi connectivity index (χ0n) is 14.0. The zero-order valence-corrected chi connectivity index (χ0v) is 14.9. The minimum absolute atomic E-state index is 0. The number of benzene rings is 1. The quantitative estimate of drug-likeness (QED) is 0.878. The Balaban J connectivity index is 0.00000208. The molecular formula is C18H27ClFN3O. The summed E-state index contributed by atoms with van der Waals surface area (Å²) in [4.78, 5) is 16.7. The van der Waals surface area contributed by atoms with Crippen LogP contribution < -0.4 is 5.32 Å². The van der Waals surface area contributed by atoms with E-state index >= 15 is 0 Å². The Morgan fingerprint density at radius 2 is 1.88 bits per heavy atom. The monoisotopic (exact) mass is 355 g/mol. The molecule has 134 valence electrons. The minimum atomic E-state index is -0.182. The van der Waals surface area contributed by atoms with Crippen molar-refractivity contribution in [1.29, 1.82) is 0 Å². The molecule has 1 N–H and O–H groups in total. The number of likely N-dealkylation sites (tertiary alicyclic amines) is 1. The van der Waals surface area contributed by atoms with Crippen LogP contribution in [0.1, 0.15) is 24.8 Å². The summed E-state index contributed by atoms with van der Waals surface area (Å²) in [5, 5.41) is 3.27. The molecule has 1 aromatic carbocycles. The molecule has 1 unspecified atom stereocenters. The molecule has 0 aliphatic carbocycles. The fourth-order valence-electron chi connectivity index (χ4n) is 3.62. The van der Waals surface area contributed by atoms with Gasteiger partial charge in [-0.05, 0) is 43.5 Å². The molecule has 2 heterocycles. The third-order valence-electron chi connectivity index (χ3n) is 4.97. The highest BCUT2D eigenvalue weighted by atomic mass is 35.5. The first-order valence-electron chi connectivity index (χ1n) is 8.69. The molecule has 4 nitrogen and oxygen atoms in total. The van der Waals surface area contributed by atoms with E-state index in [1.807, 2.05) is 17.0 Å². The number of carbonyl (C=O) groups excluding carboxylic acids is 1. The van der Waals surface area contributed by atoms with E-state index in [0.717, 1.165) is 45.7 Å². The Morgan fingerprint density at radius 1 is 1.17 bits per heavy atom. The summed E-state index contributed by atoms with van der Waals surface area (Å²) >= 11 is 0. The minimum Gasteiger partial charge on any atom is -0.340 e. The van der Waals surface area contributed by atoms with E-state index in [1.54, 1.807) is 0 Å². The molecule has 0 aromatic heterocycles. The van der Waals surface area contributed by atoms with Gasteiger partial charge in [0.25, 0.3) is 0 Å². The summed E-state index contributed by atoms with van der Waals surface area (Å²) in [7, 11) is 0. The number of halogens is 2. The molecule has 1 aromatic rings. The van der Waals surface area contributed by atoms with Crippen molar-refractivity contribution in [3.05, 3.63) is 35.6 Å². The maximum atomic E-state index is 13.0. The highest BCUT2D eigenvalue weighted by molar-refractivity contribution is 5.85. The number of carbonyl (C=O) groups is 1. The molecule has 6 heteroatoms. The summed E-state index contributed by atoms with van der Waals surface area (Å²) < 4.78 is 13.0. The lowest BCUT2D eigenvalue weighted by atomic mass is 10.0. The normalized spacial score (nSPS) is 21.5. The van der Waals surface area contributed by atoms with Crippen LogP contribution in [0.3, 0.4) is 0 Å². The van der Waals surface area contributed by atoms with Crippen molar-refractivity contribution in [3.63, 3.8) is 0 Å². The van der Waals surface area contributed by atoms with E-state index in [4.69, 9.17) is 0 Å². The highest BCUT2D eigenvalue weighted by Crippen LogP contribution is 2.21. The number of hydrogen-bond donors (Lipinski definition) is 1. The molecule has 0 spiro atoms. The first-order chi connectivity index (χ1) is 11.2. The first kappa shape index (κ1) is 19.2. The van der Waals surface area contributed by atoms with Gasteiger partial charge in [0, 0.05) is 45.2 Å². The van der Waals surface area contributed by atoms with Crippen molar-refractivity contribution in [3.8, 4) is 0 Å². The number of piperazine rings is 1. The Bertz CT molecular complexity index is 520. The van der Waals surface area contributed by atoms with E-state index < -0.39 is 0 Å². The third-order valence-corrected chi connectivity index (χ3v) is 4.97. The molecule has 24 heavy (non-hydrogen) atoms. The maximum absolute atomic E-state index is 13.0. The predicted molar refractivity (Wildman–Crippen MR) is 96.0 cm³/mol. The van der Waals surface area contributed by atoms with Gasteiger partial charge in [-0.2, -0.15) is 0 Å². The lowest BCUT2D eigenvalue weighted by Gasteiger charge is -2.29. The lowest BCUT2D eigenvalue weighted by molar-refractivity contribution is -0.132. The molecule has 2 aliphatic rings. The summed E-state index contributed by atoms with van der Waals surface area (Å²) in [6, 6.07) is 7.29.